The van der Waals surface area contributed by atoms with E-state index in [0.717, 1.165) is 25.1 Å². The van der Waals surface area contributed by atoms with Crippen molar-refractivity contribution in [3.05, 3.63) is 65.4 Å². The van der Waals surface area contributed by atoms with Crippen molar-refractivity contribution in [3.63, 3.8) is 0 Å². The molecular weight excluding hydrogens is 539 g/mol. The van der Waals surface area contributed by atoms with Crippen molar-refractivity contribution < 1.29 is 27.1 Å². The van der Waals surface area contributed by atoms with Gasteiger partial charge in [-0.3, -0.25) is 0 Å². The summed E-state index contributed by atoms with van der Waals surface area (Å²) in [6.45, 7) is 4.21. The fraction of sp³-hybridized carbons (Fsp3) is 0.346. The molecule has 0 bridgehead atoms. The molecule has 1 aliphatic rings. The maximum atomic E-state index is 14.9. The van der Waals surface area contributed by atoms with Gasteiger partial charge in [-0.1, -0.05) is 42.3 Å². The topological polar surface area (TPSA) is 70.3 Å². The Morgan fingerprint density at radius 2 is 1.85 bits per heavy atom. The van der Waals surface area contributed by atoms with Crippen molar-refractivity contribution >= 4 is 28.9 Å². The molecule has 1 saturated heterocycles. The highest BCUT2D eigenvalue weighted by molar-refractivity contribution is 7.96. The Hall–Kier alpha value is -3.45. The molecule has 0 saturated carbocycles. The second-order valence-electron chi connectivity index (χ2n) is 9.13. The van der Waals surface area contributed by atoms with Gasteiger partial charge in [-0.05, 0) is 31.2 Å². The van der Waals surface area contributed by atoms with Crippen molar-refractivity contribution in [1.29, 1.82) is 0 Å². The van der Waals surface area contributed by atoms with Gasteiger partial charge in [-0.15, -0.1) is 0 Å². The summed E-state index contributed by atoms with van der Waals surface area (Å²) in [6.07, 6.45) is -0.989. The number of piperazine rings is 1. The highest BCUT2D eigenvalue weighted by Crippen LogP contribution is 2.41. The standard InChI is InChI=1S/C26H25F5N6OS/c1-3-37-24-18(22(34-37)17-12-19(26(29,30)31)21(28)23(38)20(17)27)13-32-25(33-24)36-10-9-35(39-2)14-16(36)11-15-7-5-4-6-8-15/h4-8,12-13,16,38H,3,9-11,14H2,1-2H3/t16-/m1/s1. The first kappa shape index (κ1) is 27.1. The Balaban J connectivity index is 1.59. The van der Waals surface area contributed by atoms with Crippen LogP contribution < -0.4 is 4.90 Å². The summed E-state index contributed by atoms with van der Waals surface area (Å²) in [5.41, 5.74) is -1.25. The van der Waals surface area contributed by atoms with E-state index in [-0.39, 0.29) is 23.7 Å². The number of hydrogen-bond donors (Lipinski definition) is 1. The number of phenolic OH excluding ortho intramolecular Hbond substituents is 1. The fourth-order valence-electron chi connectivity index (χ4n) is 4.83. The summed E-state index contributed by atoms with van der Waals surface area (Å²) in [6, 6.07) is 10.4. The van der Waals surface area contributed by atoms with Gasteiger partial charge in [0.15, 0.2) is 23.0 Å². The van der Waals surface area contributed by atoms with Crippen LogP contribution in [0.2, 0.25) is 0 Å². The third-order valence-electron chi connectivity index (χ3n) is 6.79. The van der Waals surface area contributed by atoms with Crippen LogP contribution >= 0.6 is 11.9 Å². The van der Waals surface area contributed by atoms with Gasteiger partial charge in [0.2, 0.25) is 5.95 Å². The highest BCUT2D eigenvalue weighted by atomic mass is 32.2. The zero-order valence-electron chi connectivity index (χ0n) is 21.1. The Morgan fingerprint density at radius 1 is 1.10 bits per heavy atom. The lowest BCUT2D eigenvalue weighted by molar-refractivity contribution is -0.140. The number of aromatic hydroxyl groups is 1. The molecule has 1 aliphatic heterocycles. The second-order valence-corrected chi connectivity index (χ2v) is 10.0. The monoisotopic (exact) mass is 564 g/mol. The molecule has 1 atom stereocenters. The molecular formula is C26H25F5N6OS. The highest BCUT2D eigenvalue weighted by Gasteiger charge is 2.38. The van der Waals surface area contributed by atoms with Crippen LogP contribution in [0.25, 0.3) is 22.3 Å². The van der Waals surface area contributed by atoms with E-state index >= 15 is 0 Å². The van der Waals surface area contributed by atoms with E-state index in [1.807, 2.05) is 24.5 Å². The smallest absolute Gasteiger partial charge is 0.419 e. The Morgan fingerprint density at radius 3 is 2.51 bits per heavy atom. The van der Waals surface area contributed by atoms with Crippen LogP contribution in [-0.4, -0.2) is 61.1 Å². The quantitative estimate of drug-likeness (QED) is 0.244. The van der Waals surface area contributed by atoms with Crippen LogP contribution in [0.1, 0.15) is 18.1 Å². The zero-order chi connectivity index (χ0) is 27.9. The molecule has 4 aromatic rings. The minimum Gasteiger partial charge on any atom is -0.503 e. The lowest BCUT2D eigenvalue weighted by Crippen LogP contribution is -2.52. The maximum absolute atomic E-state index is 14.9. The molecule has 0 unspecified atom stereocenters. The molecule has 0 amide bonds. The molecule has 0 spiro atoms. The Labute approximate surface area is 225 Å². The number of alkyl halides is 3. The third-order valence-corrected chi connectivity index (χ3v) is 7.64. The second kappa shape index (κ2) is 10.6. The first-order valence-corrected chi connectivity index (χ1v) is 13.4. The van der Waals surface area contributed by atoms with Crippen molar-refractivity contribution in [2.45, 2.75) is 32.1 Å². The molecule has 1 N–H and O–H groups in total. The number of nitrogens with zero attached hydrogens (tertiary/aromatic N) is 6. The number of aromatic nitrogens is 4. The van der Waals surface area contributed by atoms with Crippen LogP contribution in [0.15, 0.2) is 42.6 Å². The van der Waals surface area contributed by atoms with Crippen LogP contribution in [0.3, 0.4) is 0 Å². The minimum absolute atomic E-state index is 0.0457. The van der Waals surface area contributed by atoms with Gasteiger partial charge in [0.05, 0.1) is 10.9 Å². The van der Waals surface area contributed by atoms with Gasteiger partial charge < -0.3 is 10.0 Å². The summed E-state index contributed by atoms with van der Waals surface area (Å²) in [7, 11) is 0. The summed E-state index contributed by atoms with van der Waals surface area (Å²) in [5.74, 6) is -4.91. The molecule has 0 radical (unpaired) electrons. The van der Waals surface area contributed by atoms with E-state index in [1.165, 1.54) is 10.9 Å². The van der Waals surface area contributed by atoms with Gasteiger partial charge in [0.25, 0.3) is 0 Å². The number of hydrogen-bond acceptors (Lipinski definition) is 7. The van der Waals surface area contributed by atoms with Crippen molar-refractivity contribution in [2.75, 3.05) is 30.8 Å². The van der Waals surface area contributed by atoms with E-state index in [0.29, 0.717) is 24.2 Å². The molecule has 13 heteroatoms. The molecule has 5 rings (SSSR count). The predicted octanol–water partition coefficient (Wildman–Crippen LogP) is 5.53. The van der Waals surface area contributed by atoms with Gasteiger partial charge in [-0.2, -0.15) is 23.3 Å². The number of fused-ring (bicyclic) bond motifs is 1. The van der Waals surface area contributed by atoms with E-state index in [9.17, 15) is 27.1 Å². The predicted molar refractivity (Wildman–Crippen MR) is 139 cm³/mol. The first-order chi connectivity index (χ1) is 18.6. The molecule has 2 aromatic carbocycles. The SMILES string of the molecule is CCn1nc(-c2cc(C(F)(F)F)c(F)c(O)c2F)c2cnc(N3CCN(SC)C[C@H]3Cc3ccccc3)nc21. The van der Waals surface area contributed by atoms with Crippen molar-refractivity contribution in [1.82, 2.24) is 24.1 Å². The van der Waals surface area contributed by atoms with E-state index < -0.39 is 34.7 Å². The van der Waals surface area contributed by atoms with E-state index in [2.05, 4.69) is 31.4 Å². The lowest BCUT2D eigenvalue weighted by Gasteiger charge is -2.40. The largest absolute Gasteiger partial charge is 0.503 e. The van der Waals surface area contributed by atoms with Gasteiger partial charge >= 0.3 is 6.18 Å². The number of benzene rings is 2. The summed E-state index contributed by atoms with van der Waals surface area (Å²) in [5, 5.41) is 14.3. The van der Waals surface area contributed by atoms with Crippen molar-refractivity contribution in [2.24, 2.45) is 0 Å². The van der Waals surface area contributed by atoms with Crippen molar-refractivity contribution in [3.8, 4) is 17.0 Å². The number of aryl methyl sites for hydroxylation is 1. The summed E-state index contributed by atoms with van der Waals surface area (Å²) < 4.78 is 72.9. The Bertz CT molecular complexity index is 1500. The average Bonchev–Trinajstić information content (AvgIpc) is 3.29. The van der Waals surface area contributed by atoms with Crippen LogP contribution in [0.4, 0.5) is 27.9 Å². The molecule has 2 aromatic heterocycles. The normalized spacial score (nSPS) is 16.8. The summed E-state index contributed by atoms with van der Waals surface area (Å²) >= 11 is 1.66. The zero-order valence-corrected chi connectivity index (χ0v) is 21.9. The van der Waals surface area contributed by atoms with E-state index in [1.54, 1.807) is 18.9 Å². The van der Waals surface area contributed by atoms with Crippen LogP contribution in [0, 0.1) is 11.6 Å². The molecule has 7 nitrogen and oxygen atoms in total. The first-order valence-electron chi connectivity index (χ1n) is 12.2. The molecule has 0 aliphatic carbocycles. The van der Waals surface area contributed by atoms with Crippen LogP contribution in [-0.2, 0) is 19.1 Å². The maximum Gasteiger partial charge on any atom is 0.419 e. The lowest BCUT2D eigenvalue weighted by atomic mass is 10.0. The fourth-order valence-corrected chi connectivity index (χ4v) is 5.41. The number of anilines is 1. The number of phenols is 1. The van der Waals surface area contributed by atoms with Crippen LogP contribution in [0.5, 0.6) is 5.75 Å². The molecule has 39 heavy (non-hydrogen) atoms. The Kier molecular flexibility index (Phi) is 7.38. The molecule has 3 heterocycles. The average molecular weight is 565 g/mol. The number of rotatable bonds is 6. The van der Waals surface area contributed by atoms with Gasteiger partial charge in [0.1, 0.15) is 5.69 Å². The summed E-state index contributed by atoms with van der Waals surface area (Å²) in [4.78, 5) is 11.3. The van der Waals surface area contributed by atoms with Gasteiger partial charge in [-0.25, -0.2) is 22.8 Å². The molecule has 1 fully saturated rings. The van der Waals surface area contributed by atoms with Gasteiger partial charge in [0, 0.05) is 44.0 Å². The molecule has 206 valence electrons. The third kappa shape index (κ3) is 5.12. The number of halogens is 5. The minimum atomic E-state index is -5.15. The van der Waals surface area contributed by atoms with E-state index in [4.69, 9.17) is 4.98 Å².